The lowest BCUT2D eigenvalue weighted by Crippen LogP contribution is -2.10. The van der Waals surface area contributed by atoms with Crippen molar-refractivity contribution >= 4 is 45.9 Å². The summed E-state index contributed by atoms with van der Waals surface area (Å²) in [7, 11) is 0. The van der Waals surface area contributed by atoms with Gasteiger partial charge in [0.15, 0.2) is 0 Å². The van der Waals surface area contributed by atoms with Crippen molar-refractivity contribution in [2.24, 2.45) is 11.5 Å². The maximum absolute atomic E-state index is 7.60. The van der Waals surface area contributed by atoms with E-state index in [1.54, 1.807) is 0 Å². The molecule has 0 bridgehead atoms. The van der Waals surface area contributed by atoms with Crippen LogP contribution in [0.15, 0.2) is 72.8 Å². The topological polar surface area (TPSA) is 131 Å². The van der Waals surface area contributed by atoms with E-state index in [-0.39, 0.29) is 24.1 Å². The van der Waals surface area contributed by atoms with Crippen molar-refractivity contribution in [3.05, 3.63) is 83.9 Å². The van der Waals surface area contributed by atoms with Crippen LogP contribution in [-0.2, 0) is 0 Å². The SMILES string of the molecule is Cl.N=C(N)c1ccc2cc(-c3ccc(-c4cc5ccc(C(=N)N)cc5[nH]4)cc3)[nH]c2c1. The number of fused-ring (bicyclic) bond motifs is 2. The molecule has 0 atom stereocenters. The Morgan fingerprint density at radius 2 is 0.968 bits per heavy atom. The van der Waals surface area contributed by atoms with E-state index >= 15 is 0 Å². The predicted molar refractivity (Wildman–Crippen MR) is 130 cm³/mol. The zero-order valence-corrected chi connectivity index (χ0v) is 17.3. The molecule has 6 nitrogen and oxygen atoms in total. The summed E-state index contributed by atoms with van der Waals surface area (Å²) < 4.78 is 0. The number of nitrogen functional groups attached to an aromatic ring is 2. The summed E-state index contributed by atoms with van der Waals surface area (Å²) in [6.07, 6.45) is 0. The van der Waals surface area contributed by atoms with Crippen molar-refractivity contribution in [2.75, 3.05) is 0 Å². The molecule has 5 rings (SSSR count). The van der Waals surface area contributed by atoms with E-state index in [1.807, 2.05) is 36.4 Å². The van der Waals surface area contributed by atoms with Gasteiger partial charge in [-0.15, -0.1) is 12.4 Å². The summed E-state index contributed by atoms with van der Waals surface area (Å²) in [5, 5.41) is 17.4. The fourth-order valence-electron chi connectivity index (χ4n) is 3.73. The van der Waals surface area contributed by atoms with E-state index in [0.29, 0.717) is 11.1 Å². The first kappa shape index (κ1) is 20.3. The van der Waals surface area contributed by atoms with Gasteiger partial charge in [-0.2, -0.15) is 0 Å². The highest BCUT2D eigenvalue weighted by Gasteiger charge is 2.08. The summed E-state index contributed by atoms with van der Waals surface area (Å²) in [5.41, 5.74) is 18.7. The van der Waals surface area contributed by atoms with E-state index in [4.69, 9.17) is 22.3 Å². The van der Waals surface area contributed by atoms with Gasteiger partial charge in [0, 0.05) is 44.3 Å². The summed E-state index contributed by atoms with van der Waals surface area (Å²) >= 11 is 0. The molecule has 0 radical (unpaired) electrons. The fourth-order valence-corrected chi connectivity index (χ4v) is 3.73. The molecular formula is C24H21ClN6. The number of aromatic nitrogens is 2. The molecule has 8 N–H and O–H groups in total. The molecule has 0 spiro atoms. The molecule has 31 heavy (non-hydrogen) atoms. The van der Waals surface area contributed by atoms with Crippen LogP contribution in [0.1, 0.15) is 11.1 Å². The van der Waals surface area contributed by atoms with Gasteiger partial charge in [0.25, 0.3) is 0 Å². The molecule has 0 saturated heterocycles. The Balaban J connectivity index is 0.00000231. The third kappa shape index (κ3) is 3.65. The van der Waals surface area contributed by atoms with Crippen LogP contribution in [0.25, 0.3) is 44.3 Å². The minimum atomic E-state index is 0. The first-order valence-corrected chi connectivity index (χ1v) is 9.53. The minimum Gasteiger partial charge on any atom is -0.384 e. The number of hydrogen-bond acceptors (Lipinski definition) is 2. The van der Waals surface area contributed by atoms with Crippen LogP contribution < -0.4 is 11.5 Å². The molecular weight excluding hydrogens is 408 g/mol. The zero-order valence-electron chi connectivity index (χ0n) is 16.5. The third-order valence-corrected chi connectivity index (χ3v) is 5.37. The highest BCUT2D eigenvalue weighted by atomic mass is 35.5. The van der Waals surface area contributed by atoms with E-state index in [1.165, 1.54) is 0 Å². The second-order valence-electron chi connectivity index (χ2n) is 7.37. The Labute approximate surface area is 184 Å². The lowest BCUT2D eigenvalue weighted by molar-refractivity contribution is 1.41. The van der Waals surface area contributed by atoms with Crippen LogP contribution in [0.3, 0.4) is 0 Å². The number of amidine groups is 2. The van der Waals surface area contributed by atoms with Gasteiger partial charge in [-0.05, 0) is 35.4 Å². The lowest BCUT2D eigenvalue weighted by atomic mass is 10.1. The Kier molecular flexibility index (Phi) is 5.01. The first-order chi connectivity index (χ1) is 14.5. The van der Waals surface area contributed by atoms with Crippen LogP contribution in [0.2, 0.25) is 0 Å². The smallest absolute Gasteiger partial charge is 0.122 e. The summed E-state index contributed by atoms with van der Waals surface area (Å²) in [5.74, 6) is 0.123. The number of benzene rings is 3. The monoisotopic (exact) mass is 428 g/mol. The second-order valence-corrected chi connectivity index (χ2v) is 7.37. The van der Waals surface area contributed by atoms with Gasteiger partial charge in [-0.1, -0.05) is 48.5 Å². The molecule has 5 aromatic rings. The number of hydrogen-bond donors (Lipinski definition) is 6. The molecule has 0 aliphatic heterocycles. The highest BCUT2D eigenvalue weighted by Crippen LogP contribution is 2.29. The van der Waals surface area contributed by atoms with Gasteiger partial charge in [-0.3, -0.25) is 10.8 Å². The fraction of sp³-hybridized carbons (Fsp3) is 0. The number of aromatic amines is 2. The molecule has 0 amide bonds. The average Bonchev–Trinajstić information content (AvgIpc) is 3.36. The van der Waals surface area contributed by atoms with Crippen LogP contribution in [0.5, 0.6) is 0 Å². The maximum atomic E-state index is 7.60. The third-order valence-electron chi connectivity index (χ3n) is 5.37. The van der Waals surface area contributed by atoms with Crippen molar-refractivity contribution in [1.82, 2.24) is 9.97 Å². The minimum absolute atomic E-state index is 0. The molecule has 3 aromatic carbocycles. The van der Waals surface area contributed by atoms with E-state index in [9.17, 15) is 0 Å². The lowest BCUT2D eigenvalue weighted by Gasteiger charge is -2.01. The Hall–Kier alpha value is -4.03. The van der Waals surface area contributed by atoms with E-state index < -0.39 is 0 Å². The summed E-state index contributed by atoms with van der Waals surface area (Å²) in [4.78, 5) is 6.83. The molecule has 0 unspecified atom stereocenters. The number of nitrogens with one attached hydrogen (secondary N) is 4. The highest BCUT2D eigenvalue weighted by molar-refractivity contribution is 6.00. The second kappa shape index (κ2) is 7.66. The van der Waals surface area contributed by atoms with Crippen LogP contribution in [0, 0.1) is 10.8 Å². The van der Waals surface area contributed by atoms with Crippen molar-refractivity contribution in [1.29, 1.82) is 10.8 Å². The van der Waals surface area contributed by atoms with Crippen molar-refractivity contribution in [3.8, 4) is 22.5 Å². The van der Waals surface area contributed by atoms with Gasteiger partial charge in [0.1, 0.15) is 11.7 Å². The van der Waals surface area contributed by atoms with Gasteiger partial charge in [0.2, 0.25) is 0 Å². The van der Waals surface area contributed by atoms with Crippen molar-refractivity contribution in [2.45, 2.75) is 0 Å². The van der Waals surface area contributed by atoms with Crippen molar-refractivity contribution < 1.29 is 0 Å². The van der Waals surface area contributed by atoms with Gasteiger partial charge < -0.3 is 21.4 Å². The molecule has 0 saturated carbocycles. The Morgan fingerprint density at radius 1 is 0.581 bits per heavy atom. The summed E-state index contributed by atoms with van der Waals surface area (Å²) in [6.45, 7) is 0. The zero-order chi connectivity index (χ0) is 20.8. The summed E-state index contributed by atoms with van der Waals surface area (Å²) in [6, 6.07) is 24.0. The number of rotatable bonds is 4. The average molecular weight is 429 g/mol. The largest absolute Gasteiger partial charge is 0.384 e. The van der Waals surface area contributed by atoms with Gasteiger partial charge in [0.05, 0.1) is 0 Å². The quantitative estimate of drug-likeness (QED) is 0.178. The molecule has 2 aromatic heterocycles. The molecule has 0 fully saturated rings. The van der Waals surface area contributed by atoms with Crippen LogP contribution in [-0.4, -0.2) is 21.6 Å². The Morgan fingerprint density at radius 3 is 1.32 bits per heavy atom. The molecule has 154 valence electrons. The Bertz CT molecular complexity index is 1330. The van der Waals surface area contributed by atoms with E-state index in [2.05, 4.69) is 46.4 Å². The normalized spacial score (nSPS) is 10.8. The number of nitrogens with two attached hydrogens (primary N) is 2. The first-order valence-electron chi connectivity index (χ1n) is 9.53. The van der Waals surface area contributed by atoms with Gasteiger partial charge in [-0.25, -0.2) is 0 Å². The van der Waals surface area contributed by atoms with E-state index in [0.717, 1.165) is 44.3 Å². The molecule has 2 heterocycles. The van der Waals surface area contributed by atoms with Crippen LogP contribution >= 0.6 is 12.4 Å². The molecule has 0 aliphatic carbocycles. The van der Waals surface area contributed by atoms with Crippen molar-refractivity contribution in [3.63, 3.8) is 0 Å². The maximum Gasteiger partial charge on any atom is 0.122 e. The number of halogens is 1. The molecule has 7 heteroatoms. The van der Waals surface area contributed by atoms with Gasteiger partial charge >= 0.3 is 0 Å². The standard InChI is InChI=1S/C24H20N6.ClH/c25-23(26)17-7-5-15-9-19(29-21(15)11-17)13-1-2-14(4-3-13)20-10-16-6-8-18(24(27)28)12-22(16)30-20;/h1-12,29-30H,(H3,25,26)(H3,27,28);1H. The number of H-pyrrole nitrogens is 2. The predicted octanol–water partition coefficient (Wildman–Crippen LogP) is 4.97. The molecule has 0 aliphatic rings. The van der Waals surface area contributed by atoms with Crippen LogP contribution in [0.4, 0.5) is 0 Å².